The first kappa shape index (κ1) is 12.6. The van der Waals surface area contributed by atoms with Crippen molar-refractivity contribution in [2.45, 2.75) is 19.3 Å². The van der Waals surface area contributed by atoms with Gasteiger partial charge in [-0.15, -0.1) is 0 Å². The Labute approximate surface area is 105 Å². The van der Waals surface area contributed by atoms with Crippen molar-refractivity contribution in [1.82, 2.24) is 14.7 Å². The van der Waals surface area contributed by atoms with Crippen molar-refractivity contribution < 1.29 is 9.90 Å². The number of aromatic nitrogens is 2. The van der Waals surface area contributed by atoms with Crippen molar-refractivity contribution in [2.24, 2.45) is 0 Å². The molecule has 5 nitrogen and oxygen atoms in total. The average molecular weight is 247 g/mol. The predicted molar refractivity (Wildman–Crippen MR) is 68.2 cm³/mol. The van der Waals surface area contributed by atoms with Crippen molar-refractivity contribution in [3.8, 4) is 0 Å². The highest BCUT2D eigenvalue weighted by Crippen LogP contribution is 2.04. The highest BCUT2D eigenvalue weighted by atomic mass is 16.2. The molecule has 2 rings (SSSR count). The average Bonchev–Trinajstić information content (AvgIpc) is 2.76. The molecule has 18 heavy (non-hydrogen) atoms. The number of fused-ring (bicyclic) bond motifs is 1. The summed E-state index contributed by atoms with van der Waals surface area (Å²) in [5, 5.41) is 11.4. The summed E-state index contributed by atoms with van der Waals surface area (Å²) >= 11 is 0. The SMILES string of the molecule is O=C(Cc1cn2ccccc2n1)NCCCCO. The number of aliphatic hydroxyl groups is 1. The number of rotatable bonds is 6. The number of nitrogens with one attached hydrogen (secondary N) is 1. The molecule has 2 aromatic heterocycles. The predicted octanol–water partition coefficient (Wildman–Crippen LogP) is 0.765. The van der Waals surface area contributed by atoms with E-state index in [1.807, 2.05) is 35.0 Å². The van der Waals surface area contributed by atoms with Crippen LogP contribution in [0.3, 0.4) is 0 Å². The van der Waals surface area contributed by atoms with E-state index in [1.54, 1.807) is 0 Å². The molecule has 2 N–H and O–H groups in total. The molecule has 0 fully saturated rings. The fraction of sp³-hybridized carbons (Fsp3) is 0.385. The summed E-state index contributed by atoms with van der Waals surface area (Å²) in [4.78, 5) is 16.0. The van der Waals surface area contributed by atoms with Gasteiger partial charge in [-0.25, -0.2) is 4.98 Å². The molecule has 2 aromatic rings. The Hall–Kier alpha value is -1.88. The highest BCUT2D eigenvalue weighted by Gasteiger charge is 2.06. The number of pyridine rings is 1. The first-order chi connectivity index (χ1) is 8.79. The van der Waals surface area contributed by atoms with E-state index in [9.17, 15) is 4.79 Å². The minimum absolute atomic E-state index is 0.0312. The van der Waals surface area contributed by atoms with Crippen molar-refractivity contribution in [2.75, 3.05) is 13.2 Å². The molecule has 0 spiro atoms. The van der Waals surface area contributed by atoms with Crippen LogP contribution < -0.4 is 5.32 Å². The smallest absolute Gasteiger partial charge is 0.226 e. The molecular weight excluding hydrogens is 230 g/mol. The second-order valence-corrected chi connectivity index (χ2v) is 4.16. The first-order valence-electron chi connectivity index (χ1n) is 6.10. The maximum atomic E-state index is 11.6. The molecular formula is C13H17N3O2. The molecule has 0 bridgehead atoms. The Morgan fingerprint density at radius 1 is 1.39 bits per heavy atom. The Bertz CT molecular complexity index is 489. The van der Waals surface area contributed by atoms with E-state index in [0.29, 0.717) is 19.4 Å². The van der Waals surface area contributed by atoms with E-state index in [4.69, 9.17) is 5.11 Å². The number of amides is 1. The number of unbranched alkanes of at least 4 members (excludes halogenated alkanes) is 1. The zero-order valence-electron chi connectivity index (χ0n) is 10.2. The van der Waals surface area contributed by atoms with Gasteiger partial charge in [0.05, 0.1) is 12.1 Å². The third kappa shape index (κ3) is 3.30. The van der Waals surface area contributed by atoms with Crippen LogP contribution in [0.25, 0.3) is 5.65 Å². The minimum atomic E-state index is -0.0312. The van der Waals surface area contributed by atoms with Crippen LogP contribution >= 0.6 is 0 Å². The summed E-state index contributed by atoms with van der Waals surface area (Å²) in [6.07, 6.45) is 5.58. The molecule has 0 aromatic carbocycles. The standard InChI is InChI=1S/C13H17N3O2/c17-8-4-2-6-14-13(18)9-11-10-16-7-3-1-5-12(16)15-11/h1,3,5,7,10,17H,2,4,6,8-9H2,(H,14,18). The third-order valence-corrected chi connectivity index (χ3v) is 2.66. The molecule has 1 amide bonds. The van der Waals surface area contributed by atoms with E-state index in [1.165, 1.54) is 0 Å². The van der Waals surface area contributed by atoms with Gasteiger partial charge in [0.2, 0.25) is 5.91 Å². The van der Waals surface area contributed by atoms with E-state index in [-0.39, 0.29) is 12.5 Å². The van der Waals surface area contributed by atoms with Crippen LogP contribution in [-0.2, 0) is 11.2 Å². The minimum Gasteiger partial charge on any atom is -0.396 e. The van der Waals surface area contributed by atoms with Gasteiger partial charge >= 0.3 is 0 Å². The number of carbonyl (C=O) groups is 1. The monoisotopic (exact) mass is 247 g/mol. The van der Waals surface area contributed by atoms with Crippen LogP contribution in [0.4, 0.5) is 0 Å². The zero-order valence-corrected chi connectivity index (χ0v) is 10.2. The Morgan fingerprint density at radius 2 is 2.28 bits per heavy atom. The summed E-state index contributed by atoms with van der Waals surface area (Å²) < 4.78 is 1.90. The number of hydrogen-bond acceptors (Lipinski definition) is 3. The van der Waals surface area contributed by atoms with Gasteiger partial charge in [-0.2, -0.15) is 0 Å². The Balaban J connectivity index is 1.86. The van der Waals surface area contributed by atoms with Gasteiger partial charge < -0.3 is 14.8 Å². The van der Waals surface area contributed by atoms with E-state index in [0.717, 1.165) is 17.8 Å². The van der Waals surface area contributed by atoms with Gasteiger partial charge in [0.25, 0.3) is 0 Å². The van der Waals surface area contributed by atoms with Crippen LogP contribution in [0.15, 0.2) is 30.6 Å². The molecule has 0 saturated heterocycles. The maximum absolute atomic E-state index is 11.6. The molecule has 0 unspecified atom stereocenters. The number of nitrogens with zero attached hydrogens (tertiary/aromatic N) is 2. The molecule has 0 aliphatic carbocycles. The lowest BCUT2D eigenvalue weighted by atomic mass is 10.3. The molecule has 2 heterocycles. The number of carbonyl (C=O) groups excluding carboxylic acids is 1. The van der Waals surface area contributed by atoms with E-state index >= 15 is 0 Å². The number of aliphatic hydroxyl groups excluding tert-OH is 1. The quantitative estimate of drug-likeness (QED) is 0.741. The van der Waals surface area contributed by atoms with Crippen LogP contribution in [-0.4, -0.2) is 33.6 Å². The second-order valence-electron chi connectivity index (χ2n) is 4.16. The molecule has 0 aliphatic heterocycles. The van der Waals surface area contributed by atoms with Gasteiger partial charge in [-0.1, -0.05) is 6.07 Å². The van der Waals surface area contributed by atoms with Gasteiger partial charge in [0, 0.05) is 25.5 Å². The lowest BCUT2D eigenvalue weighted by Crippen LogP contribution is -2.26. The summed E-state index contributed by atoms with van der Waals surface area (Å²) in [5.74, 6) is -0.0312. The lowest BCUT2D eigenvalue weighted by Gasteiger charge is -2.02. The fourth-order valence-electron chi connectivity index (χ4n) is 1.76. The Morgan fingerprint density at radius 3 is 3.06 bits per heavy atom. The summed E-state index contributed by atoms with van der Waals surface area (Å²) in [6.45, 7) is 0.773. The third-order valence-electron chi connectivity index (χ3n) is 2.66. The van der Waals surface area contributed by atoms with Gasteiger partial charge in [-0.3, -0.25) is 4.79 Å². The second kappa shape index (κ2) is 6.16. The van der Waals surface area contributed by atoms with Crippen LogP contribution in [0.5, 0.6) is 0 Å². The summed E-state index contributed by atoms with van der Waals surface area (Å²) in [7, 11) is 0. The molecule has 0 aliphatic rings. The van der Waals surface area contributed by atoms with Crippen molar-refractivity contribution in [3.05, 3.63) is 36.3 Å². The lowest BCUT2D eigenvalue weighted by molar-refractivity contribution is -0.120. The van der Waals surface area contributed by atoms with Crippen LogP contribution in [0.1, 0.15) is 18.5 Å². The topological polar surface area (TPSA) is 66.6 Å². The van der Waals surface area contributed by atoms with Crippen LogP contribution in [0.2, 0.25) is 0 Å². The molecule has 0 atom stereocenters. The molecule has 0 saturated carbocycles. The largest absolute Gasteiger partial charge is 0.396 e. The van der Waals surface area contributed by atoms with E-state index in [2.05, 4.69) is 10.3 Å². The van der Waals surface area contributed by atoms with Crippen LogP contribution in [0, 0.1) is 0 Å². The Kier molecular flexibility index (Phi) is 4.30. The van der Waals surface area contributed by atoms with Gasteiger partial charge in [0.15, 0.2) is 0 Å². The summed E-state index contributed by atoms with van der Waals surface area (Å²) in [5.41, 5.74) is 1.61. The fourth-order valence-corrected chi connectivity index (χ4v) is 1.76. The van der Waals surface area contributed by atoms with Crippen molar-refractivity contribution >= 4 is 11.6 Å². The normalized spacial score (nSPS) is 10.7. The number of hydrogen-bond donors (Lipinski definition) is 2. The van der Waals surface area contributed by atoms with Crippen molar-refractivity contribution in [3.63, 3.8) is 0 Å². The molecule has 96 valence electrons. The maximum Gasteiger partial charge on any atom is 0.226 e. The van der Waals surface area contributed by atoms with Gasteiger partial charge in [-0.05, 0) is 25.0 Å². The highest BCUT2D eigenvalue weighted by molar-refractivity contribution is 5.78. The first-order valence-corrected chi connectivity index (χ1v) is 6.10. The summed E-state index contributed by atoms with van der Waals surface area (Å²) in [6, 6.07) is 5.75. The van der Waals surface area contributed by atoms with Crippen molar-refractivity contribution in [1.29, 1.82) is 0 Å². The zero-order chi connectivity index (χ0) is 12.8. The van der Waals surface area contributed by atoms with E-state index < -0.39 is 0 Å². The molecule has 5 heteroatoms. The number of imidazole rings is 1. The van der Waals surface area contributed by atoms with Gasteiger partial charge in [0.1, 0.15) is 5.65 Å². The molecule has 0 radical (unpaired) electrons.